The lowest BCUT2D eigenvalue weighted by atomic mass is 10.4. The molecule has 0 N–H and O–H groups in total. The molecule has 0 aliphatic carbocycles. The van der Waals surface area contributed by atoms with Crippen molar-refractivity contribution in [3.63, 3.8) is 0 Å². The Kier molecular flexibility index (Phi) is 3.12. The fourth-order valence-electron chi connectivity index (χ4n) is 1.17. The lowest BCUT2D eigenvalue weighted by Gasteiger charge is -1.99. The van der Waals surface area contributed by atoms with Gasteiger partial charge in [-0.15, -0.1) is 16.7 Å². The summed E-state index contributed by atoms with van der Waals surface area (Å²) < 4.78 is 23.9. The fourth-order valence-corrected chi connectivity index (χ4v) is 1.84. The Hall–Kier alpha value is -1.47. The smallest absolute Gasteiger partial charge is 0.178 e. The van der Waals surface area contributed by atoms with E-state index in [1.54, 1.807) is 12.1 Å². The molecule has 17 heavy (non-hydrogen) atoms. The SMILES string of the molecule is CS(=O)(=O)c1cnn(-c2ccc(CCl)nn2)c1. The highest BCUT2D eigenvalue weighted by atomic mass is 35.5. The van der Waals surface area contributed by atoms with Gasteiger partial charge in [-0.25, -0.2) is 13.1 Å². The molecular formula is C9H9ClN4O2S. The van der Waals surface area contributed by atoms with Gasteiger partial charge in [-0.05, 0) is 12.1 Å². The number of halogens is 1. The number of alkyl halides is 1. The molecule has 2 aromatic rings. The molecule has 0 amide bonds. The maximum absolute atomic E-state index is 11.3. The van der Waals surface area contributed by atoms with Crippen molar-refractivity contribution in [2.45, 2.75) is 10.8 Å². The van der Waals surface area contributed by atoms with Crippen molar-refractivity contribution in [2.75, 3.05) is 6.26 Å². The van der Waals surface area contributed by atoms with E-state index in [1.807, 2.05) is 0 Å². The van der Waals surface area contributed by atoms with E-state index in [4.69, 9.17) is 11.6 Å². The molecule has 0 aromatic carbocycles. The summed E-state index contributed by atoms with van der Waals surface area (Å²) in [6.45, 7) is 0. The van der Waals surface area contributed by atoms with Crippen LogP contribution in [0.15, 0.2) is 29.4 Å². The Bertz CT molecular complexity index is 621. The quantitative estimate of drug-likeness (QED) is 0.773. The zero-order chi connectivity index (χ0) is 12.5. The molecule has 0 fully saturated rings. The Morgan fingerprint density at radius 2 is 2.12 bits per heavy atom. The molecule has 0 atom stereocenters. The van der Waals surface area contributed by atoms with Gasteiger partial charge in [0.2, 0.25) is 0 Å². The van der Waals surface area contributed by atoms with Gasteiger partial charge in [-0.1, -0.05) is 0 Å². The molecule has 90 valence electrons. The number of hydrogen-bond donors (Lipinski definition) is 0. The molecular weight excluding hydrogens is 264 g/mol. The summed E-state index contributed by atoms with van der Waals surface area (Å²) in [5.74, 6) is 0.717. The third kappa shape index (κ3) is 2.62. The largest absolute Gasteiger partial charge is 0.224 e. The van der Waals surface area contributed by atoms with Crippen LogP contribution >= 0.6 is 11.6 Å². The Morgan fingerprint density at radius 1 is 1.35 bits per heavy atom. The Labute approximate surface area is 103 Å². The van der Waals surface area contributed by atoms with Crippen molar-refractivity contribution in [1.82, 2.24) is 20.0 Å². The van der Waals surface area contributed by atoms with E-state index in [-0.39, 0.29) is 10.8 Å². The van der Waals surface area contributed by atoms with Crippen LogP contribution in [0.4, 0.5) is 0 Å². The number of sulfone groups is 1. The Morgan fingerprint density at radius 3 is 2.59 bits per heavy atom. The topological polar surface area (TPSA) is 77.7 Å². The Balaban J connectivity index is 2.37. The first kappa shape index (κ1) is 12.0. The summed E-state index contributed by atoms with van der Waals surface area (Å²) in [5.41, 5.74) is 0.644. The standard InChI is InChI=1S/C9H9ClN4O2S/c1-17(15,16)8-5-11-14(6-8)9-3-2-7(4-10)12-13-9/h2-3,5-6H,4H2,1H3. The maximum Gasteiger partial charge on any atom is 0.178 e. The van der Waals surface area contributed by atoms with Gasteiger partial charge in [-0.2, -0.15) is 10.2 Å². The number of rotatable bonds is 3. The van der Waals surface area contributed by atoms with Gasteiger partial charge in [-0.3, -0.25) is 0 Å². The fraction of sp³-hybridized carbons (Fsp3) is 0.222. The average molecular weight is 273 g/mol. The van der Waals surface area contributed by atoms with Crippen LogP contribution in [0.25, 0.3) is 5.82 Å². The molecule has 0 spiro atoms. The molecule has 0 saturated heterocycles. The van der Waals surface area contributed by atoms with E-state index >= 15 is 0 Å². The molecule has 0 unspecified atom stereocenters. The molecule has 2 aromatic heterocycles. The predicted octanol–water partition coefficient (Wildman–Crippen LogP) is 0.805. The first-order chi connectivity index (χ1) is 8.00. The second-order valence-corrected chi connectivity index (χ2v) is 5.69. The van der Waals surface area contributed by atoms with Crippen molar-refractivity contribution in [3.8, 4) is 5.82 Å². The minimum atomic E-state index is -3.26. The molecule has 0 bridgehead atoms. The predicted molar refractivity (Wildman–Crippen MR) is 61.8 cm³/mol. The van der Waals surface area contributed by atoms with Gasteiger partial charge in [0.25, 0.3) is 0 Å². The van der Waals surface area contributed by atoms with E-state index < -0.39 is 9.84 Å². The molecule has 0 saturated carbocycles. The summed E-state index contributed by atoms with van der Waals surface area (Å²) in [6, 6.07) is 3.38. The first-order valence-electron chi connectivity index (χ1n) is 4.64. The second kappa shape index (κ2) is 4.42. The van der Waals surface area contributed by atoms with E-state index in [1.165, 1.54) is 17.1 Å². The highest BCUT2D eigenvalue weighted by molar-refractivity contribution is 7.90. The van der Waals surface area contributed by atoms with Crippen molar-refractivity contribution >= 4 is 21.4 Å². The van der Waals surface area contributed by atoms with Crippen LogP contribution in [0, 0.1) is 0 Å². The normalized spacial score (nSPS) is 11.6. The molecule has 0 radical (unpaired) electrons. The van der Waals surface area contributed by atoms with E-state index in [9.17, 15) is 8.42 Å². The van der Waals surface area contributed by atoms with Gasteiger partial charge < -0.3 is 0 Å². The first-order valence-corrected chi connectivity index (χ1v) is 7.07. The van der Waals surface area contributed by atoms with Crippen LogP contribution in [0.5, 0.6) is 0 Å². The third-order valence-electron chi connectivity index (χ3n) is 2.06. The van der Waals surface area contributed by atoms with Crippen molar-refractivity contribution in [3.05, 3.63) is 30.2 Å². The van der Waals surface area contributed by atoms with Crippen LogP contribution in [0.1, 0.15) is 5.69 Å². The summed E-state index contributed by atoms with van der Waals surface area (Å²) >= 11 is 5.58. The van der Waals surface area contributed by atoms with Crippen molar-refractivity contribution < 1.29 is 8.42 Å². The number of nitrogens with zero attached hydrogens (tertiary/aromatic N) is 4. The maximum atomic E-state index is 11.3. The van der Waals surface area contributed by atoms with Gasteiger partial charge in [0.15, 0.2) is 15.7 Å². The zero-order valence-corrected chi connectivity index (χ0v) is 10.5. The van der Waals surface area contributed by atoms with Crippen molar-refractivity contribution in [2.24, 2.45) is 0 Å². The second-order valence-electron chi connectivity index (χ2n) is 3.41. The van der Waals surface area contributed by atoms with Gasteiger partial charge in [0, 0.05) is 6.26 Å². The van der Waals surface area contributed by atoms with Crippen LogP contribution in [0.2, 0.25) is 0 Å². The highest BCUT2D eigenvalue weighted by Gasteiger charge is 2.11. The van der Waals surface area contributed by atoms with Gasteiger partial charge in [0.05, 0.1) is 24.0 Å². The van der Waals surface area contributed by atoms with Crippen LogP contribution in [-0.2, 0) is 15.7 Å². The van der Waals surface area contributed by atoms with Gasteiger partial charge in [0.1, 0.15) is 4.90 Å². The van der Waals surface area contributed by atoms with E-state index in [0.717, 1.165) is 6.26 Å². The summed E-state index contributed by atoms with van der Waals surface area (Å²) in [4.78, 5) is 0.140. The van der Waals surface area contributed by atoms with E-state index in [2.05, 4.69) is 15.3 Å². The molecule has 2 heterocycles. The molecule has 0 aliphatic heterocycles. The molecule has 8 heteroatoms. The molecule has 2 rings (SSSR count). The zero-order valence-electron chi connectivity index (χ0n) is 8.91. The summed E-state index contributed by atoms with van der Waals surface area (Å²) in [7, 11) is -3.26. The van der Waals surface area contributed by atoms with E-state index in [0.29, 0.717) is 11.5 Å². The lowest BCUT2D eigenvalue weighted by molar-refractivity contribution is 0.602. The van der Waals surface area contributed by atoms with Crippen molar-refractivity contribution in [1.29, 1.82) is 0 Å². The minimum Gasteiger partial charge on any atom is -0.224 e. The molecule has 0 aliphatic rings. The lowest BCUT2D eigenvalue weighted by Crippen LogP contribution is -2.01. The number of hydrogen-bond acceptors (Lipinski definition) is 5. The molecule has 6 nitrogen and oxygen atoms in total. The van der Waals surface area contributed by atoms with Crippen LogP contribution in [0.3, 0.4) is 0 Å². The summed E-state index contributed by atoms with van der Waals surface area (Å²) in [6.07, 6.45) is 3.78. The number of aromatic nitrogens is 4. The third-order valence-corrected chi connectivity index (χ3v) is 3.41. The highest BCUT2D eigenvalue weighted by Crippen LogP contribution is 2.10. The average Bonchev–Trinajstić information content (AvgIpc) is 2.78. The monoisotopic (exact) mass is 272 g/mol. The minimum absolute atomic E-state index is 0.140. The van der Waals surface area contributed by atoms with Crippen LogP contribution in [-0.4, -0.2) is 34.7 Å². The van der Waals surface area contributed by atoms with Crippen LogP contribution < -0.4 is 0 Å². The summed E-state index contributed by atoms with van der Waals surface area (Å²) in [5, 5.41) is 11.6. The van der Waals surface area contributed by atoms with Gasteiger partial charge >= 0.3 is 0 Å².